The van der Waals surface area contributed by atoms with Crippen LogP contribution in [-0.4, -0.2) is 72.8 Å². The van der Waals surface area contributed by atoms with Gasteiger partial charge in [-0.15, -0.1) is 25.5 Å². The molecule has 79 heavy (non-hydrogen) atoms. The van der Waals surface area contributed by atoms with E-state index in [2.05, 4.69) is 53.1 Å². The van der Waals surface area contributed by atoms with Crippen molar-refractivity contribution in [3.63, 3.8) is 0 Å². The molecule has 0 bridgehead atoms. The number of nitrogens with one attached hydrogen (secondary N) is 1. The average molecular weight is 1100 g/mol. The summed E-state index contributed by atoms with van der Waals surface area (Å²) in [6.45, 7) is 6.37. The molecule has 21 nitrogen and oxygen atoms in total. The standard InChI is InChI=1S/C56H46N10O11S2/c1-6-22-77-50-9-7-8-33-25-36(12-15-40(33)50)57-56(68)35-11-18-45(51(27-35)75-4)60-59-44-20-13-37(23-31(44)2)58-62-48-30-52(76-5)49(24-32(48)3)63-61-47-19-10-34-26-38(14-16-41(34)55(47)67)66-64-46-21-17-42-43(54(46)65-66)28-39(78(69,70)71)29-53(42)79(72,73)74/h7-21,23-30,67H,6,22H2,1-5H3,(H,57,68)(H,69,70,71)(H,72,73,74). The van der Waals surface area contributed by atoms with Gasteiger partial charge in [0.2, 0.25) is 0 Å². The van der Waals surface area contributed by atoms with E-state index in [-0.39, 0.29) is 39.1 Å². The van der Waals surface area contributed by atoms with E-state index in [0.717, 1.165) is 34.6 Å². The molecule has 10 rings (SSSR count). The normalized spacial score (nSPS) is 12.2. The number of benzene rings is 9. The number of nitrogens with zero attached hydrogens (tertiary/aromatic N) is 9. The summed E-state index contributed by atoms with van der Waals surface area (Å²) in [6.07, 6.45) is 0.898. The lowest BCUT2D eigenvalue weighted by molar-refractivity contribution is 0.102. The fourth-order valence-corrected chi connectivity index (χ4v) is 9.99. The zero-order valence-electron chi connectivity index (χ0n) is 42.6. The van der Waals surface area contributed by atoms with Crippen molar-refractivity contribution < 1.29 is 50.1 Å². The minimum absolute atomic E-state index is 0.00283. The Kier molecular flexibility index (Phi) is 14.4. The first-order valence-electron chi connectivity index (χ1n) is 24.1. The second-order valence-corrected chi connectivity index (χ2v) is 20.8. The lowest BCUT2D eigenvalue weighted by atomic mass is 10.1. The maximum absolute atomic E-state index is 13.3. The highest BCUT2D eigenvalue weighted by Gasteiger charge is 2.23. The van der Waals surface area contributed by atoms with Gasteiger partial charge in [0, 0.05) is 38.9 Å². The number of aryl methyl sites for hydroxylation is 2. The molecule has 0 saturated carbocycles. The van der Waals surface area contributed by atoms with Gasteiger partial charge in [0.25, 0.3) is 26.1 Å². The molecule has 1 aromatic heterocycles. The number of carbonyl (C=O) groups excluding carboxylic acids is 1. The first-order valence-corrected chi connectivity index (χ1v) is 27.0. The summed E-state index contributed by atoms with van der Waals surface area (Å²) >= 11 is 0. The van der Waals surface area contributed by atoms with Crippen LogP contribution < -0.4 is 19.5 Å². The minimum Gasteiger partial charge on any atom is -0.505 e. The molecule has 4 N–H and O–H groups in total. The molecule has 0 aliphatic rings. The average Bonchev–Trinajstić information content (AvgIpc) is 4.10. The Morgan fingerprint density at radius 2 is 1.28 bits per heavy atom. The number of phenolic OH excluding ortho intramolecular Hbond substituents is 1. The third kappa shape index (κ3) is 11.0. The molecule has 0 radical (unpaired) electrons. The molecule has 23 heteroatoms. The number of anilines is 1. The van der Waals surface area contributed by atoms with Crippen molar-refractivity contribution in [2.75, 3.05) is 26.1 Å². The lowest BCUT2D eigenvalue weighted by Crippen LogP contribution is -2.11. The second kappa shape index (κ2) is 21.5. The summed E-state index contributed by atoms with van der Waals surface area (Å²) in [4.78, 5) is 13.1. The van der Waals surface area contributed by atoms with Crippen molar-refractivity contribution in [1.82, 2.24) is 15.0 Å². The number of fused-ring (bicyclic) bond motifs is 5. The Bertz CT molecular complexity index is 4450. The fourth-order valence-electron chi connectivity index (χ4n) is 8.65. The van der Waals surface area contributed by atoms with E-state index in [4.69, 9.17) is 14.2 Å². The first kappa shape index (κ1) is 52.9. The smallest absolute Gasteiger partial charge is 0.295 e. The molecule has 10 aromatic rings. The monoisotopic (exact) mass is 1100 g/mol. The molecule has 1 amide bonds. The van der Waals surface area contributed by atoms with Crippen LogP contribution in [0.25, 0.3) is 49.0 Å². The van der Waals surface area contributed by atoms with Crippen molar-refractivity contribution in [1.29, 1.82) is 0 Å². The molecule has 1 heterocycles. The third-order valence-electron chi connectivity index (χ3n) is 12.7. The zero-order valence-corrected chi connectivity index (χ0v) is 44.3. The fraction of sp³-hybridized carbons (Fsp3) is 0.125. The number of aromatic hydroxyl groups is 1. The predicted molar refractivity (Wildman–Crippen MR) is 297 cm³/mol. The zero-order chi connectivity index (χ0) is 55.8. The van der Waals surface area contributed by atoms with Gasteiger partial charge in [0.05, 0.1) is 48.5 Å². The maximum Gasteiger partial charge on any atom is 0.295 e. The Balaban J connectivity index is 0.813. The van der Waals surface area contributed by atoms with E-state index in [1.807, 2.05) is 56.3 Å². The van der Waals surface area contributed by atoms with Crippen LogP contribution in [0.2, 0.25) is 0 Å². The van der Waals surface area contributed by atoms with Crippen LogP contribution in [0.1, 0.15) is 34.8 Å². The summed E-state index contributed by atoms with van der Waals surface area (Å²) < 4.78 is 85.2. The maximum atomic E-state index is 13.3. The molecule has 0 fully saturated rings. The number of methoxy groups -OCH3 is 2. The summed E-state index contributed by atoms with van der Waals surface area (Å²) in [5, 5.41) is 52.7. The van der Waals surface area contributed by atoms with Crippen molar-refractivity contribution >= 4 is 109 Å². The van der Waals surface area contributed by atoms with E-state index in [9.17, 15) is 35.8 Å². The van der Waals surface area contributed by atoms with Crippen LogP contribution in [-0.2, 0) is 20.2 Å². The van der Waals surface area contributed by atoms with E-state index < -0.39 is 30.0 Å². The highest BCUT2D eigenvalue weighted by atomic mass is 32.2. The van der Waals surface area contributed by atoms with Crippen molar-refractivity contribution in [3.8, 4) is 28.7 Å². The number of rotatable bonds is 16. The van der Waals surface area contributed by atoms with Gasteiger partial charge in [-0.05, 0) is 151 Å². The molecular weight excluding hydrogens is 1050 g/mol. The summed E-state index contributed by atoms with van der Waals surface area (Å²) in [5.41, 5.74) is 5.85. The van der Waals surface area contributed by atoms with Gasteiger partial charge in [0.1, 0.15) is 50.2 Å². The Morgan fingerprint density at radius 3 is 2.04 bits per heavy atom. The van der Waals surface area contributed by atoms with E-state index in [1.165, 1.54) is 31.1 Å². The number of hydrogen-bond acceptors (Lipinski definition) is 17. The van der Waals surface area contributed by atoms with Gasteiger partial charge >= 0.3 is 0 Å². The number of amides is 1. The molecule has 0 spiro atoms. The van der Waals surface area contributed by atoms with Crippen molar-refractivity contribution in [2.24, 2.45) is 30.7 Å². The van der Waals surface area contributed by atoms with Crippen LogP contribution in [0.4, 0.5) is 39.8 Å². The van der Waals surface area contributed by atoms with E-state index in [1.54, 1.807) is 72.8 Å². The first-order chi connectivity index (χ1) is 37.9. The Hall–Kier alpha value is -9.55. The second-order valence-electron chi connectivity index (χ2n) is 18.0. The van der Waals surface area contributed by atoms with Crippen LogP contribution in [0.15, 0.2) is 180 Å². The van der Waals surface area contributed by atoms with E-state index >= 15 is 0 Å². The van der Waals surface area contributed by atoms with Crippen LogP contribution in [0.5, 0.6) is 23.0 Å². The number of ether oxygens (including phenoxy) is 3. The number of hydrogen-bond donors (Lipinski definition) is 4. The number of phenols is 1. The molecular formula is C56H46N10O11S2. The quantitative estimate of drug-likeness (QED) is 0.0518. The molecule has 9 aromatic carbocycles. The molecule has 0 aliphatic carbocycles. The van der Waals surface area contributed by atoms with Gasteiger partial charge in [-0.2, -0.15) is 37.0 Å². The molecule has 0 unspecified atom stereocenters. The van der Waals surface area contributed by atoms with Gasteiger partial charge in [-0.3, -0.25) is 13.9 Å². The summed E-state index contributed by atoms with van der Waals surface area (Å²) in [6, 6.07) is 37.9. The van der Waals surface area contributed by atoms with Crippen molar-refractivity contribution in [3.05, 3.63) is 156 Å². The molecule has 0 aliphatic heterocycles. The highest BCUT2D eigenvalue weighted by Crippen LogP contribution is 2.41. The molecule has 398 valence electrons. The number of azo groups is 3. The lowest BCUT2D eigenvalue weighted by Gasteiger charge is -2.11. The van der Waals surface area contributed by atoms with Crippen LogP contribution >= 0.6 is 0 Å². The van der Waals surface area contributed by atoms with Gasteiger partial charge in [0.15, 0.2) is 5.75 Å². The van der Waals surface area contributed by atoms with Gasteiger partial charge in [-0.1, -0.05) is 31.2 Å². The third-order valence-corrected chi connectivity index (χ3v) is 14.4. The summed E-state index contributed by atoms with van der Waals surface area (Å²) in [7, 11) is -6.81. The number of carbonyl (C=O) groups is 1. The largest absolute Gasteiger partial charge is 0.505 e. The van der Waals surface area contributed by atoms with Gasteiger partial charge < -0.3 is 24.6 Å². The Morgan fingerprint density at radius 1 is 0.595 bits per heavy atom. The Labute approximate surface area is 451 Å². The van der Waals surface area contributed by atoms with Crippen LogP contribution in [0.3, 0.4) is 0 Å². The van der Waals surface area contributed by atoms with Crippen molar-refractivity contribution in [2.45, 2.75) is 37.0 Å². The van der Waals surface area contributed by atoms with E-state index in [0.29, 0.717) is 85.9 Å². The topological polar surface area (TPSA) is 291 Å². The highest BCUT2D eigenvalue weighted by molar-refractivity contribution is 7.86. The molecule has 0 saturated heterocycles. The van der Waals surface area contributed by atoms with Gasteiger partial charge in [-0.25, -0.2) is 0 Å². The predicted octanol–water partition coefficient (Wildman–Crippen LogP) is 14.0. The summed E-state index contributed by atoms with van der Waals surface area (Å²) in [5.74, 6) is 1.02. The minimum atomic E-state index is -4.91. The molecule has 0 atom stereocenters. The SMILES string of the molecule is CCCOc1cccc2cc(NC(=O)c3ccc(N=Nc4ccc(N=Nc5cc(OC)c(N=Nc6ccc7cc(-n8nc9ccc%10c(S(=O)(=O)O)cc(S(=O)(=O)O)cc%10c9n8)ccc7c6O)cc5C)cc4C)c(OC)c3)ccc12. The number of aromatic nitrogens is 3. The van der Waals surface area contributed by atoms with Crippen LogP contribution in [0, 0.1) is 13.8 Å².